The summed E-state index contributed by atoms with van der Waals surface area (Å²) in [5, 5.41) is 0. The fourth-order valence-electron chi connectivity index (χ4n) is 1.45. The molecule has 0 spiro atoms. The van der Waals surface area contributed by atoms with E-state index in [-0.39, 0.29) is 6.54 Å². The summed E-state index contributed by atoms with van der Waals surface area (Å²) >= 11 is 0. The molecule has 0 atom stereocenters. The van der Waals surface area contributed by atoms with Crippen molar-refractivity contribution >= 4 is 10.2 Å². The lowest BCUT2D eigenvalue weighted by molar-refractivity contribution is 0.505. The molecule has 7 heteroatoms. The fourth-order valence-corrected chi connectivity index (χ4v) is 2.05. The summed E-state index contributed by atoms with van der Waals surface area (Å²) in [6.45, 7) is 0.205. The Bertz CT molecular complexity index is 636. The largest absolute Gasteiger partial charge is 0.463 e. The Hall–Kier alpha value is -1.70. The van der Waals surface area contributed by atoms with E-state index in [1.165, 1.54) is 14.1 Å². The highest BCUT2D eigenvalue weighted by atomic mass is 32.2. The van der Waals surface area contributed by atoms with E-state index in [1.807, 2.05) is 0 Å². The van der Waals surface area contributed by atoms with Gasteiger partial charge in [0, 0.05) is 26.8 Å². The number of hydrogen-bond acceptors (Lipinski definition) is 4. The molecule has 1 N–H and O–H groups in total. The Balaban J connectivity index is 2.13. The first-order chi connectivity index (χ1) is 8.99. The smallest absolute Gasteiger partial charge is 0.279 e. The van der Waals surface area contributed by atoms with E-state index in [0.29, 0.717) is 11.5 Å². The minimum absolute atomic E-state index is 0.205. The number of furan rings is 1. The van der Waals surface area contributed by atoms with Gasteiger partial charge >= 0.3 is 0 Å². The number of hydrogen-bond donors (Lipinski definition) is 1. The monoisotopic (exact) mass is 281 g/mol. The van der Waals surface area contributed by atoms with Crippen LogP contribution >= 0.6 is 0 Å². The summed E-state index contributed by atoms with van der Waals surface area (Å²) in [7, 11) is -0.473. The lowest BCUT2D eigenvalue weighted by atomic mass is 10.2. The first-order valence-corrected chi connectivity index (χ1v) is 7.09. The topological polar surface area (TPSA) is 75.4 Å². The summed E-state index contributed by atoms with van der Waals surface area (Å²) in [5.41, 5.74) is 1.48. The maximum atomic E-state index is 11.6. The molecule has 0 aromatic carbocycles. The first-order valence-electron chi connectivity index (χ1n) is 5.65. The van der Waals surface area contributed by atoms with Crippen LogP contribution in [0.4, 0.5) is 0 Å². The van der Waals surface area contributed by atoms with Crippen molar-refractivity contribution in [2.45, 2.75) is 6.54 Å². The summed E-state index contributed by atoms with van der Waals surface area (Å²) in [5.74, 6) is 0.650. The van der Waals surface area contributed by atoms with Crippen LogP contribution in [0.2, 0.25) is 0 Å². The van der Waals surface area contributed by atoms with Gasteiger partial charge in [-0.05, 0) is 29.8 Å². The van der Waals surface area contributed by atoms with Crippen molar-refractivity contribution in [2.24, 2.45) is 0 Å². The maximum Gasteiger partial charge on any atom is 0.279 e. The van der Waals surface area contributed by atoms with Crippen molar-refractivity contribution in [3.8, 4) is 11.5 Å². The van der Waals surface area contributed by atoms with Crippen LogP contribution in [0.5, 0.6) is 0 Å². The zero-order chi connectivity index (χ0) is 13.9. The number of nitrogens with zero attached hydrogens (tertiary/aromatic N) is 2. The highest BCUT2D eigenvalue weighted by Gasteiger charge is 2.12. The molecular weight excluding hydrogens is 266 g/mol. The van der Waals surface area contributed by atoms with Gasteiger partial charge in [-0.3, -0.25) is 4.98 Å². The minimum atomic E-state index is -3.42. The minimum Gasteiger partial charge on any atom is -0.463 e. The Labute approximate surface area is 112 Å². The van der Waals surface area contributed by atoms with Gasteiger partial charge in [-0.1, -0.05) is 0 Å². The zero-order valence-electron chi connectivity index (χ0n) is 10.7. The number of pyridine rings is 1. The third kappa shape index (κ3) is 3.40. The van der Waals surface area contributed by atoms with E-state index in [0.717, 1.165) is 9.87 Å². The molecular formula is C12H15N3O3S. The molecule has 19 heavy (non-hydrogen) atoms. The van der Waals surface area contributed by atoms with E-state index in [4.69, 9.17) is 4.42 Å². The third-order valence-corrected chi connectivity index (χ3v) is 4.01. The van der Waals surface area contributed by atoms with E-state index >= 15 is 0 Å². The lowest BCUT2D eigenvalue weighted by Gasteiger charge is -2.12. The fraction of sp³-hybridized carbons (Fsp3) is 0.250. The van der Waals surface area contributed by atoms with Crippen LogP contribution in [0.25, 0.3) is 11.5 Å². The molecule has 0 aliphatic rings. The summed E-state index contributed by atoms with van der Waals surface area (Å²) in [4.78, 5) is 4.18. The van der Waals surface area contributed by atoms with E-state index in [1.54, 1.807) is 36.7 Å². The van der Waals surface area contributed by atoms with Crippen LogP contribution in [0.15, 0.2) is 41.1 Å². The van der Waals surface area contributed by atoms with Crippen molar-refractivity contribution in [1.82, 2.24) is 14.0 Å². The van der Waals surface area contributed by atoms with Crippen molar-refractivity contribution in [2.75, 3.05) is 14.1 Å². The van der Waals surface area contributed by atoms with Crippen molar-refractivity contribution < 1.29 is 12.8 Å². The molecule has 2 aromatic heterocycles. The zero-order valence-corrected chi connectivity index (χ0v) is 11.5. The quantitative estimate of drug-likeness (QED) is 0.894. The number of rotatable bonds is 5. The van der Waals surface area contributed by atoms with Gasteiger partial charge in [-0.15, -0.1) is 0 Å². The second-order valence-corrected chi connectivity index (χ2v) is 6.10. The molecule has 0 saturated heterocycles. The van der Waals surface area contributed by atoms with Gasteiger partial charge in [0.05, 0.1) is 6.26 Å². The highest BCUT2D eigenvalue weighted by Crippen LogP contribution is 2.18. The highest BCUT2D eigenvalue weighted by molar-refractivity contribution is 7.87. The molecule has 2 aromatic rings. The second-order valence-electron chi connectivity index (χ2n) is 4.14. The predicted molar refractivity (Wildman–Crippen MR) is 71.4 cm³/mol. The Morgan fingerprint density at radius 2 is 2.16 bits per heavy atom. The maximum absolute atomic E-state index is 11.6. The van der Waals surface area contributed by atoms with Gasteiger partial charge in [-0.25, -0.2) is 0 Å². The van der Waals surface area contributed by atoms with Crippen LogP contribution in [0.3, 0.4) is 0 Å². The molecule has 0 amide bonds. The molecule has 0 fully saturated rings. The molecule has 0 bridgehead atoms. The van der Waals surface area contributed by atoms with Gasteiger partial charge in [0.2, 0.25) is 0 Å². The normalized spacial score (nSPS) is 11.9. The SMILES string of the molecule is CN(C)S(=O)(=O)NCc1ccnc(-c2ccco2)c1. The summed E-state index contributed by atoms with van der Waals surface area (Å²) in [6.07, 6.45) is 3.19. The van der Waals surface area contributed by atoms with E-state index in [9.17, 15) is 8.42 Å². The lowest BCUT2D eigenvalue weighted by Crippen LogP contribution is -2.35. The van der Waals surface area contributed by atoms with Crippen molar-refractivity contribution in [1.29, 1.82) is 0 Å². The predicted octanol–water partition coefficient (Wildman–Crippen LogP) is 1.24. The van der Waals surface area contributed by atoms with Crippen molar-refractivity contribution in [3.05, 3.63) is 42.3 Å². The summed E-state index contributed by atoms with van der Waals surface area (Å²) < 4.78 is 32.1. The van der Waals surface area contributed by atoms with Gasteiger partial charge in [-0.2, -0.15) is 17.4 Å². The van der Waals surface area contributed by atoms with Crippen LogP contribution in [0, 0.1) is 0 Å². The first kappa shape index (κ1) is 13.7. The molecule has 102 valence electrons. The second kappa shape index (κ2) is 5.52. The molecule has 6 nitrogen and oxygen atoms in total. The number of nitrogens with one attached hydrogen (secondary N) is 1. The molecule has 2 heterocycles. The number of aromatic nitrogens is 1. The molecule has 0 aliphatic carbocycles. The van der Waals surface area contributed by atoms with Crippen LogP contribution in [0.1, 0.15) is 5.56 Å². The van der Waals surface area contributed by atoms with E-state index < -0.39 is 10.2 Å². The van der Waals surface area contributed by atoms with Gasteiger partial charge in [0.15, 0.2) is 5.76 Å². The Morgan fingerprint density at radius 3 is 2.79 bits per heavy atom. The Kier molecular flexibility index (Phi) is 3.98. The van der Waals surface area contributed by atoms with Crippen LogP contribution < -0.4 is 4.72 Å². The third-order valence-electron chi connectivity index (χ3n) is 2.54. The van der Waals surface area contributed by atoms with Crippen LogP contribution in [-0.2, 0) is 16.8 Å². The van der Waals surface area contributed by atoms with Crippen molar-refractivity contribution in [3.63, 3.8) is 0 Å². The van der Waals surface area contributed by atoms with Gasteiger partial charge in [0.1, 0.15) is 5.69 Å². The molecule has 0 unspecified atom stereocenters. The average molecular weight is 281 g/mol. The standard InChI is InChI=1S/C12H15N3O3S/c1-15(2)19(16,17)14-9-10-5-6-13-11(8-10)12-4-3-7-18-12/h3-8,14H,9H2,1-2H3. The van der Waals surface area contributed by atoms with Gasteiger partial charge in [0.25, 0.3) is 10.2 Å². The molecule has 0 saturated carbocycles. The summed E-state index contributed by atoms with van der Waals surface area (Å²) in [6, 6.07) is 7.12. The molecule has 2 rings (SSSR count). The average Bonchev–Trinajstić information content (AvgIpc) is 2.90. The van der Waals surface area contributed by atoms with E-state index in [2.05, 4.69) is 9.71 Å². The van der Waals surface area contributed by atoms with Crippen LogP contribution in [-0.4, -0.2) is 31.8 Å². The molecule has 0 radical (unpaired) electrons. The van der Waals surface area contributed by atoms with Gasteiger partial charge < -0.3 is 4.42 Å². The molecule has 0 aliphatic heterocycles. The Morgan fingerprint density at radius 1 is 1.37 bits per heavy atom.